The first-order chi connectivity index (χ1) is 18.2. The van der Waals surface area contributed by atoms with Crippen molar-refractivity contribution in [2.24, 2.45) is 5.14 Å². The Morgan fingerprint density at radius 2 is 1.51 bits per heavy atom. The van der Waals surface area contributed by atoms with Gasteiger partial charge in [-0.2, -0.15) is 0 Å². The summed E-state index contributed by atoms with van der Waals surface area (Å²) >= 11 is 0. The maximum absolute atomic E-state index is 12.7. The molecule has 0 aromatic heterocycles. The predicted molar refractivity (Wildman–Crippen MR) is 145 cm³/mol. The summed E-state index contributed by atoms with van der Waals surface area (Å²) in [6.45, 7) is 2.79. The molecule has 13 heteroatoms. The van der Waals surface area contributed by atoms with E-state index >= 15 is 0 Å². The largest absolute Gasteiger partial charge is 0.449 e. The highest BCUT2D eigenvalue weighted by Crippen LogP contribution is 2.20. The first kappa shape index (κ1) is 29.2. The maximum atomic E-state index is 12.7. The van der Waals surface area contributed by atoms with Crippen molar-refractivity contribution in [3.05, 3.63) is 90.0 Å². The normalized spacial score (nSPS) is 12.5. The van der Waals surface area contributed by atoms with E-state index in [9.17, 15) is 31.2 Å². The molecule has 0 spiro atoms. The van der Waals surface area contributed by atoms with Crippen LogP contribution in [-0.2, 0) is 34.4 Å². The van der Waals surface area contributed by atoms with Crippen LogP contribution in [0, 0.1) is 0 Å². The van der Waals surface area contributed by atoms with Gasteiger partial charge >= 0.3 is 5.97 Å². The van der Waals surface area contributed by atoms with Crippen molar-refractivity contribution in [3.8, 4) is 0 Å². The van der Waals surface area contributed by atoms with Gasteiger partial charge in [-0.25, -0.2) is 26.8 Å². The Morgan fingerprint density at radius 3 is 2.15 bits per heavy atom. The summed E-state index contributed by atoms with van der Waals surface area (Å²) in [5.41, 5.74) is 1.29. The van der Waals surface area contributed by atoms with E-state index < -0.39 is 38.0 Å². The number of benzene rings is 3. The van der Waals surface area contributed by atoms with E-state index in [0.29, 0.717) is 16.8 Å². The van der Waals surface area contributed by atoms with Crippen LogP contribution in [0.25, 0.3) is 6.08 Å². The Kier molecular flexibility index (Phi) is 9.01. The fourth-order valence-corrected chi connectivity index (χ4v) is 4.81. The van der Waals surface area contributed by atoms with Crippen molar-refractivity contribution in [2.75, 3.05) is 10.0 Å². The van der Waals surface area contributed by atoms with Crippen molar-refractivity contribution in [2.45, 2.75) is 29.7 Å². The Labute approximate surface area is 225 Å². The number of nitrogens with two attached hydrogens (primary N) is 1. The van der Waals surface area contributed by atoms with Gasteiger partial charge in [0, 0.05) is 17.3 Å². The van der Waals surface area contributed by atoms with E-state index in [-0.39, 0.29) is 21.3 Å². The fraction of sp³-hybridized carbons (Fsp3) is 0.115. The number of hydrogen-bond donors (Lipinski definition) is 3. The minimum absolute atomic E-state index is 0.0120. The second kappa shape index (κ2) is 12.0. The molecule has 1 unspecified atom stereocenters. The van der Waals surface area contributed by atoms with Crippen LogP contribution >= 0.6 is 0 Å². The van der Waals surface area contributed by atoms with Crippen molar-refractivity contribution in [1.29, 1.82) is 0 Å². The van der Waals surface area contributed by atoms with Crippen molar-refractivity contribution >= 4 is 55.2 Å². The van der Waals surface area contributed by atoms with Crippen LogP contribution in [0.15, 0.2) is 88.7 Å². The van der Waals surface area contributed by atoms with Gasteiger partial charge in [0.25, 0.3) is 15.9 Å². The topological polar surface area (TPSA) is 179 Å². The molecule has 0 aliphatic heterocycles. The highest BCUT2D eigenvalue weighted by molar-refractivity contribution is 7.92. The van der Waals surface area contributed by atoms with Gasteiger partial charge in [-0.15, -0.1) is 0 Å². The molecule has 0 aliphatic rings. The van der Waals surface area contributed by atoms with E-state index in [1.807, 2.05) is 0 Å². The van der Waals surface area contributed by atoms with E-state index in [1.54, 1.807) is 18.2 Å². The highest BCUT2D eigenvalue weighted by atomic mass is 32.2. The SMILES string of the molecule is CC(=O)c1cccc(NC(=O)C(C)OC(=O)C=Cc2ccc(S(=O)(=O)Nc3cccc(S(N)(=O)=O)c3)cc2)c1. The Balaban J connectivity index is 1.59. The van der Waals surface area contributed by atoms with Gasteiger partial charge in [-0.05, 0) is 68.0 Å². The molecular weight excluding hydrogens is 546 g/mol. The Morgan fingerprint density at radius 1 is 0.872 bits per heavy atom. The van der Waals surface area contributed by atoms with Crippen molar-refractivity contribution < 1.29 is 36.0 Å². The summed E-state index contributed by atoms with van der Waals surface area (Å²) in [5, 5.41) is 7.65. The number of nitrogens with one attached hydrogen (secondary N) is 2. The lowest BCUT2D eigenvalue weighted by molar-refractivity contribution is -0.148. The molecule has 39 heavy (non-hydrogen) atoms. The third kappa shape index (κ3) is 8.33. The molecule has 4 N–H and O–H groups in total. The van der Waals surface area contributed by atoms with E-state index in [0.717, 1.165) is 12.1 Å². The van der Waals surface area contributed by atoms with Gasteiger partial charge < -0.3 is 10.1 Å². The number of primary sulfonamides is 1. The number of esters is 1. The van der Waals surface area contributed by atoms with Crippen molar-refractivity contribution in [3.63, 3.8) is 0 Å². The summed E-state index contributed by atoms with van der Waals surface area (Å²) in [4.78, 5) is 35.6. The first-order valence-corrected chi connectivity index (χ1v) is 14.3. The fourth-order valence-electron chi connectivity index (χ4n) is 3.20. The number of rotatable bonds is 10. The zero-order valence-electron chi connectivity index (χ0n) is 20.8. The van der Waals surface area contributed by atoms with Crippen LogP contribution in [0.4, 0.5) is 11.4 Å². The lowest BCUT2D eigenvalue weighted by Crippen LogP contribution is -2.29. The number of anilines is 2. The predicted octanol–water partition coefficient (Wildman–Crippen LogP) is 2.92. The third-order valence-corrected chi connectivity index (χ3v) is 7.52. The van der Waals surface area contributed by atoms with Gasteiger partial charge in [0.1, 0.15) is 0 Å². The van der Waals surface area contributed by atoms with Gasteiger partial charge in [0.15, 0.2) is 11.9 Å². The van der Waals surface area contributed by atoms with E-state index in [4.69, 9.17) is 9.88 Å². The minimum atomic E-state index is -4.05. The summed E-state index contributed by atoms with van der Waals surface area (Å²) in [6.07, 6.45) is 1.33. The zero-order valence-corrected chi connectivity index (χ0v) is 22.5. The summed E-state index contributed by atoms with van der Waals surface area (Å²) in [6, 6.07) is 16.9. The first-order valence-electron chi connectivity index (χ1n) is 11.3. The lowest BCUT2D eigenvalue weighted by atomic mass is 10.1. The molecular formula is C26H25N3O8S2. The molecule has 0 saturated carbocycles. The average Bonchev–Trinajstić information content (AvgIpc) is 2.87. The average molecular weight is 572 g/mol. The number of carbonyl (C=O) groups is 3. The zero-order chi connectivity index (χ0) is 28.8. The van der Waals surface area contributed by atoms with Crippen LogP contribution in [0.5, 0.6) is 0 Å². The van der Waals surface area contributed by atoms with Crippen molar-refractivity contribution in [1.82, 2.24) is 0 Å². The summed E-state index contributed by atoms with van der Waals surface area (Å²) < 4.78 is 55.7. The number of Topliss-reactive ketones (excluding diaryl/α,β-unsaturated/α-hetero) is 1. The molecule has 204 valence electrons. The maximum Gasteiger partial charge on any atom is 0.331 e. The Bertz CT molecular complexity index is 1650. The quantitative estimate of drug-likeness (QED) is 0.189. The third-order valence-electron chi connectivity index (χ3n) is 5.22. The molecule has 0 radical (unpaired) electrons. The smallest absolute Gasteiger partial charge is 0.331 e. The van der Waals surface area contributed by atoms with Crippen LogP contribution in [0.3, 0.4) is 0 Å². The van der Waals surface area contributed by atoms with Gasteiger partial charge in [-0.1, -0.05) is 30.3 Å². The highest BCUT2D eigenvalue weighted by Gasteiger charge is 2.18. The summed E-state index contributed by atoms with van der Waals surface area (Å²) in [5.74, 6) is -1.55. The lowest BCUT2D eigenvalue weighted by Gasteiger charge is -2.12. The molecule has 0 heterocycles. The monoisotopic (exact) mass is 571 g/mol. The van der Waals surface area contributed by atoms with Crippen LogP contribution in [0.1, 0.15) is 29.8 Å². The molecule has 11 nitrogen and oxygen atoms in total. The van der Waals surface area contributed by atoms with E-state index in [1.165, 1.54) is 68.5 Å². The molecule has 1 amide bonds. The number of amides is 1. The number of carbonyl (C=O) groups excluding carboxylic acids is 3. The molecule has 0 saturated heterocycles. The van der Waals surface area contributed by atoms with Crippen LogP contribution in [-0.4, -0.2) is 40.6 Å². The van der Waals surface area contributed by atoms with Crippen LogP contribution in [0.2, 0.25) is 0 Å². The molecule has 3 aromatic carbocycles. The van der Waals surface area contributed by atoms with Gasteiger partial charge in [-0.3, -0.25) is 14.3 Å². The van der Waals surface area contributed by atoms with Crippen LogP contribution < -0.4 is 15.2 Å². The summed E-state index contributed by atoms with van der Waals surface area (Å²) in [7, 11) is -8.06. The number of ketones is 1. The molecule has 1 atom stereocenters. The van der Waals surface area contributed by atoms with E-state index in [2.05, 4.69) is 10.0 Å². The minimum Gasteiger partial charge on any atom is -0.449 e. The number of hydrogen-bond acceptors (Lipinski definition) is 8. The molecule has 3 rings (SSSR count). The standard InChI is InChI=1S/C26H25N3O8S2/c1-17(30)20-5-3-6-21(15-20)28-26(32)18(2)37-25(31)14-11-19-9-12-23(13-10-19)39(35,36)29-22-7-4-8-24(16-22)38(27,33)34/h3-16,18,29H,1-2H3,(H,28,32)(H2,27,33,34). The number of sulfonamides is 2. The molecule has 0 fully saturated rings. The Hall–Kier alpha value is -4.33. The second-order valence-electron chi connectivity index (χ2n) is 8.29. The second-order valence-corrected chi connectivity index (χ2v) is 11.5. The molecule has 0 aliphatic carbocycles. The van der Waals surface area contributed by atoms with Gasteiger partial charge in [0.2, 0.25) is 10.0 Å². The molecule has 3 aromatic rings. The number of ether oxygens (including phenoxy) is 1. The molecule has 0 bridgehead atoms. The van der Waals surface area contributed by atoms with Gasteiger partial charge in [0.05, 0.1) is 15.5 Å².